The fraction of sp³-hybridized carbons (Fsp3) is 0.200. The van der Waals surface area contributed by atoms with Crippen molar-refractivity contribution in [2.45, 2.75) is 6.61 Å². The van der Waals surface area contributed by atoms with Gasteiger partial charge >= 0.3 is 0 Å². The Morgan fingerprint density at radius 1 is 1.11 bits per heavy atom. The van der Waals surface area contributed by atoms with Gasteiger partial charge < -0.3 is 14.4 Å². The van der Waals surface area contributed by atoms with Gasteiger partial charge in [-0.15, -0.1) is 0 Å². The van der Waals surface area contributed by atoms with Crippen molar-refractivity contribution >= 4 is 29.3 Å². The van der Waals surface area contributed by atoms with E-state index in [2.05, 4.69) is 0 Å². The molecule has 140 valence electrons. The Balaban J connectivity index is 1.82. The van der Waals surface area contributed by atoms with E-state index in [1.165, 1.54) is 18.1 Å². The van der Waals surface area contributed by atoms with Crippen LogP contribution in [-0.4, -0.2) is 42.0 Å². The van der Waals surface area contributed by atoms with E-state index in [9.17, 15) is 9.18 Å². The van der Waals surface area contributed by atoms with Gasteiger partial charge in [-0.05, 0) is 42.1 Å². The third-order valence-electron chi connectivity index (χ3n) is 4.29. The van der Waals surface area contributed by atoms with Crippen LogP contribution in [0.5, 0.6) is 11.5 Å². The van der Waals surface area contributed by atoms with Crippen LogP contribution in [0.15, 0.2) is 48.2 Å². The second-order valence-electron chi connectivity index (χ2n) is 6.03. The van der Waals surface area contributed by atoms with Crippen LogP contribution < -0.4 is 9.47 Å². The SMILES string of the molecule is COc1cc(/C=C2/C(=O)N(C)C(=S)N2C)ccc1OCc1ccccc1F. The molecule has 1 heterocycles. The lowest BCUT2D eigenvalue weighted by Crippen LogP contribution is -2.26. The van der Waals surface area contributed by atoms with Crippen LogP contribution in [0.4, 0.5) is 4.39 Å². The number of nitrogens with zero attached hydrogens (tertiary/aromatic N) is 2. The molecule has 0 unspecified atom stereocenters. The fourth-order valence-corrected chi connectivity index (χ4v) is 2.89. The second kappa shape index (κ2) is 7.75. The second-order valence-corrected chi connectivity index (χ2v) is 6.39. The van der Waals surface area contributed by atoms with Crippen molar-refractivity contribution in [3.63, 3.8) is 0 Å². The van der Waals surface area contributed by atoms with E-state index < -0.39 is 0 Å². The minimum absolute atomic E-state index is 0.0871. The molecule has 0 N–H and O–H groups in total. The molecule has 1 aliphatic heterocycles. The summed E-state index contributed by atoms with van der Waals surface area (Å²) in [6, 6.07) is 11.7. The van der Waals surface area contributed by atoms with Gasteiger partial charge in [0.1, 0.15) is 18.1 Å². The van der Waals surface area contributed by atoms with Gasteiger partial charge in [-0.3, -0.25) is 9.69 Å². The van der Waals surface area contributed by atoms with Gasteiger partial charge in [0.25, 0.3) is 5.91 Å². The number of hydrogen-bond acceptors (Lipinski definition) is 4. The third kappa shape index (κ3) is 3.78. The number of hydrogen-bond donors (Lipinski definition) is 0. The molecular weight excluding hydrogens is 367 g/mol. The van der Waals surface area contributed by atoms with Gasteiger partial charge in [-0.2, -0.15) is 0 Å². The van der Waals surface area contributed by atoms with Gasteiger partial charge in [0.05, 0.1) is 7.11 Å². The number of ether oxygens (including phenoxy) is 2. The van der Waals surface area contributed by atoms with Crippen LogP contribution in [0.3, 0.4) is 0 Å². The van der Waals surface area contributed by atoms with Gasteiger partial charge in [-0.25, -0.2) is 4.39 Å². The summed E-state index contributed by atoms with van der Waals surface area (Å²) in [6.07, 6.45) is 1.74. The Kier molecular flexibility index (Phi) is 5.41. The number of halogens is 1. The summed E-state index contributed by atoms with van der Waals surface area (Å²) in [5, 5.41) is 0.447. The van der Waals surface area contributed by atoms with Gasteiger partial charge in [-0.1, -0.05) is 24.3 Å². The first-order valence-corrected chi connectivity index (χ1v) is 8.65. The molecule has 0 spiro atoms. The van der Waals surface area contributed by atoms with Gasteiger partial charge in [0.2, 0.25) is 0 Å². The van der Waals surface area contributed by atoms with E-state index in [1.807, 2.05) is 0 Å². The van der Waals surface area contributed by atoms with Crippen molar-refractivity contribution in [1.29, 1.82) is 0 Å². The highest BCUT2D eigenvalue weighted by molar-refractivity contribution is 7.80. The first kappa shape index (κ1) is 18.8. The Labute approximate surface area is 162 Å². The molecule has 5 nitrogen and oxygen atoms in total. The molecule has 2 aromatic rings. The molecular formula is C20H19FN2O3S. The zero-order chi connectivity index (χ0) is 19.6. The highest BCUT2D eigenvalue weighted by Crippen LogP contribution is 2.31. The fourth-order valence-electron chi connectivity index (χ4n) is 2.71. The summed E-state index contributed by atoms with van der Waals surface area (Å²) < 4.78 is 24.8. The van der Waals surface area contributed by atoms with E-state index in [1.54, 1.807) is 61.5 Å². The minimum atomic E-state index is -0.319. The highest BCUT2D eigenvalue weighted by atomic mass is 32.1. The molecule has 0 radical (unpaired) electrons. The van der Waals surface area contributed by atoms with Crippen molar-refractivity contribution in [2.24, 2.45) is 0 Å². The standard InChI is InChI=1S/C20H19FN2O3S/c1-22-16(19(24)23(2)20(22)27)10-13-8-9-17(18(11-13)25-3)26-12-14-6-4-5-7-15(14)21/h4-11H,12H2,1-3H3/b16-10-. The molecule has 1 amide bonds. The lowest BCUT2D eigenvalue weighted by molar-refractivity contribution is -0.121. The van der Waals surface area contributed by atoms with Crippen LogP contribution in [0.1, 0.15) is 11.1 Å². The highest BCUT2D eigenvalue weighted by Gasteiger charge is 2.32. The predicted octanol–water partition coefficient (Wildman–Crippen LogP) is 3.44. The van der Waals surface area contributed by atoms with E-state index in [0.717, 1.165) is 5.56 Å². The molecule has 1 saturated heterocycles. The van der Waals surface area contributed by atoms with E-state index >= 15 is 0 Å². The number of methoxy groups -OCH3 is 1. The Morgan fingerprint density at radius 3 is 2.48 bits per heavy atom. The topological polar surface area (TPSA) is 42.0 Å². The van der Waals surface area contributed by atoms with Crippen LogP contribution >= 0.6 is 12.2 Å². The van der Waals surface area contributed by atoms with Gasteiger partial charge in [0.15, 0.2) is 16.6 Å². The monoisotopic (exact) mass is 386 g/mol. The number of carbonyl (C=O) groups excluding carboxylic acids is 1. The molecule has 7 heteroatoms. The first-order valence-electron chi connectivity index (χ1n) is 8.24. The average molecular weight is 386 g/mol. The van der Waals surface area contributed by atoms with Crippen molar-refractivity contribution in [2.75, 3.05) is 21.2 Å². The number of likely N-dealkylation sites (N-methyl/N-ethyl adjacent to an activating group) is 2. The number of rotatable bonds is 5. The number of thiocarbonyl (C=S) groups is 1. The molecule has 3 rings (SSSR count). The van der Waals surface area contributed by atoms with Crippen molar-refractivity contribution < 1.29 is 18.7 Å². The quantitative estimate of drug-likeness (QED) is 0.582. The smallest absolute Gasteiger partial charge is 0.276 e. The molecule has 2 aromatic carbocycles. The van der Waals surface area contributed by atoms with Crippen LogP contribution in [0.25, 0.3) is 6.08 Å². The molecule has 0 aromatic heterocycles. The van der Waals surface area contributed by atoms with Crippen molar-refractivity contribution in [1.82, 2.24) is 9.80 Å². The lowest BCUT2D eigenvalue weighted by Gasteiger charge is -2.13. The molecule has 0 bridgehead atoms. The summed E-state index contributed by atoms with van der Waals surface area (Å²) in [5.74, 6) is 0.494. The summed E-state index contributed by atoms with van der Waals surface area (Å²) >= 11 is 5.21. The normalized spacial score (nSPS) is 15.6. The molecule has 27 heavy (non-hydrogen) atoms. The maximum atomic E-state index is 13.7. The Morgan fingerprint density at radius 2 is 1.85 bits per heavy atom. The largest absolute Gasteiger partial charge is 0.493 e. The summed E-state index contributed by atoms with van der Waals surface area (Å²) in [5.41, 5.74) is 1.70. The van der Waals surface area contributed by atoms with E-state index in [0.29, 0.717) is 27.9 Å². The first-order chi connectivity index (χ1) is 12.9. The third-order valence-corrected chi connectivity index (χ3v) is 4.84. The van der Waals surface area contributed by atoms with Crippen LogP contribution in [-0.2, 0) is 11.4 Å². The number of carbonyl (C=O) groups is 1. The molecule has 0 atom stereocenters. The van der Waals surface area contributed by atoms with E-state index in [4.69, 9.17) is 21.7 Å². The average Bonchev–Trinajstić information content (AvgIpc) is 2.85. The van der Waals surface area contributed by atoms with Crippen LogP contribution in [0, 0.1) is 5.82 Å². The van der Waals surface area contributed by atoms with Crippen molar-refractivity contribution in [3.8, 4) is 11.5 Å². The summed E-state index contributed by atoms with van der Waals surface area (Å²) in [7, 11) is 4.92. The Bertz CT molecular complexity index is 929. The summed E-state index contributed by atoms with van der Waals surface area (Å²) in [6.45, 7) is 0.0871. The number of benzene rings is 2. The van der Waals surface area contributed by atoms with Gasteiger partial charge in [0, 0.05) is 19.7 Å². The molecule has 1 fully saturated rings. The predicted molar refractivity (Wildman–Crippen MR) is 105 cm³/mol. The maximum absolute atomic E-state index is 13.7. The summed E-state index contributed by atoms with van der Waals surface area (Å²) in [4.78, 5) is 15.4. The molecule has 0 saturated carbocycles. The van der Waals surface area contributed by atoms with Crippen LogP contribution in [0.2, 0.25) is 0 Å². The molecule has 1 aliphatic rings. The number of amides is 1. The lowest BCUT2D eigenvalue weighted by atomic mass is 10.1. The van der Waals surface area contributed by atoms with Crippen molar-refractivity contribution in [3.05, 3.63) is 65.1 Å². The zero-order valence-corrected chi connectivity index (χ0v) is 16.0. The minimum Gasteiger partial charge on any atom is -0.493 e. The Hall–Kier alpha value is -2.93. The van der Waals surface area contributed by atoms with E-state index in [-0.39, 0.29) is 18.3 Å². The maximum Gasteiger partial charge on any atom is 0.276 e. The molecule has 0 aliphatic carbocycles. The zero-order valence-electron chi connectivity index (χ0n) is 15.2.